The molecule has 0 bridgehead atoms. The topological polar surface area (TPSA) is 62.2 Å². The fourth-order valence-electron chi connectivity index (χ4n) is 4.23. The van der Waals surface area contributed by atoms with E-state index < -0.39 is 0 Å². The minimum Gasteiger partial charge on any atom is -0.349 e. The summed E-state index contributed by atoms with van der Waals surface area (Å²) in [6, 6.07) is 10.8. The number of hydrogen-bond acceptors (Lipinski definition) is 4. The number of fused-ring (bicyclic) bond motifs is 1. The summed E-state index contributed by atoms with van der Waals surface area (Å²) in [5.74, 6) is -0.0898. The molecule has 1 unspecified atom stereocenters. The molecule has 0 saturated carbocycles. The van der Waals surface area contributed by atoms with Crippen molar-refractivity contribution >= 4 is 5.91 Å². The quantitative estimate of drug-likeness (QED) is 0.835. The van der Waals surface area contributed by atoms with Crippen molar-refractivity contribution in [3.8, 4) is 0 Å². The molecule has 1 aromatic heterocycles. The fraction of sp³-hybridized carbons (Fsp3) is 0.545. The molecule has 2 aromatic rings. The molecule has 1 atom stereocenters. The smallest absolute Gasteiger partial charge is 0.271 e. The third-order valence-electron chi connectivity index (χ3n) is 6.15. The van der Waals surface area contributed by atoms with Gasteiger partial charge in [-0.2, -0.15) is 5.10 Å². The second-order valence-corrected chi connectivity index (χ2v) is 8.62. The van der Waals surface area contributed by atoms with E-state index in [1.807, 2.05) is 16.9 Å². The normalized spacial score (nSPS) is 20.6. The summed E-state index contributed by atoms with van der Waals surface area (Å²) in [5, 5.41) is 11.0. The van der Waals surface area contributed by atoms with Gasteiger partial charge in [0.05, 0.1) is 6.04 Å². The lowest BCUT2D eigenvalue weighted by Gasteiger charge is -2.41. The summed E-state index contributed by atoms with van der Waals surface area (Å²) in [6.45, 7) is 8.95. The highest BCUT2D eigenvalue weighted by atomic mass is 16.2. The number of rotatable bonds is 5. The van der Waals surface area contributed by atoms with Crippen LogP contribution >= 0.6 is 0 Å². The van der Waals surface area contributed by atoms with Crippen LogP contribution in [-0.2, 0) is 13.0 Å². The number of benzene rings is 1. The second-order valence-electron chi connectivity index (χ2n) is 8.62. The van der Waals surface area contributed by atoms with Crippen LogP contribution in [0.5, 0.6) is 0 Å². The first kappa shape index (κ1) is 19.2. The Morgan fingerprint density at radius 2 is 2.11 bits per heavy atom. The van der Waals surface area contributed by atoms with Crippen LogP contribution in [0, 0.1) is 0 Å². The summed E-state index contributed by atoms with van der Waals surface area (Å²) in [5.41, 5.74) is 3.23. The Labute approximate surface area is 167 Å². The summed E-state index contributed by atoms with van der Waals surface area (Å²) >= 11 is 0. The number of carbonyl (C=O) groups excluding carboxylic acids is 1. The maximum absolute atomic E-state index is 12.6. The van der Waals surface area contributed by atoms with E-state index in [0.717, 1.165) is 45.4 Å². The van der Waals surface area contributed by atoms with E-state index in [0.29, 0.717) is 18.3 Å². The van der Waals surface area contributed by atoms with E-state index in [4.69, 9.17) is 0 Å². The zero-order chi connectivity index (χ0) is 19.6. The maximum Gasteiger partial charge on any atom is 0.271 e. The molecular weight excluding hydrogens is 350 g/mol. The van der Waals surface area contributed by atoms with Crippen LogP contribution < -0.4 is 10.6 Å². The van der Waals surface area contributed by atoms with Crippen LogP contribution in [0.2, 0.25) is 0 Å². The molecule has 4 rings (SSSR count). The van der Waals surface area contributed by atoms with Gasteiger partial charge in [-0.15, -0.1) is 0 Å². The van der Waals surface area contributed by atoms with Crippen LogP contribution in [0.1, 0.15) is 54.3 Å². The molecule has 1 saturated heterocycles. The number of amides is 1. The van der Waals surface area contributed by atoms with Gasteiger partial charge < -0.3 is 10.6 Å². The van der Waals surface area contributed by atoms with Crippen molar-refractivity contribution in [3.63, 3.8) is 0 Å². The molecule has 1 fully saturated rings. The van der Waals surface area contributed by atoms with Gasteiger partial charge in [0.25, 0.3) is 5.91 Å². The Bertz CT molecular complexity index is 822. The zero-order valence-electron chi connectivity index (χ0n) is 16.9. The van der Waals surface area contributed by atoms with Gasteiger partial charge in [0, 0.05) is 37.9 Å². The highest BCUT2D eigenvalue weighted by Gasteiger charge is 2.30. The average Bonchev–Trinajstić information content (AvgIpc) is 3.23. The van der Waals surface area contributed by atoms with Crippen LogP contribution in [-0.4, -0.2) is 52.3 Å². The van der Waals surface area contributed by atoms with Crippen LogP contribution in [0.15, 0.2) is 36.5 Å². The first-order chi connectivity index (χ1) is 13.5. The molecule has 28 heavy (non-hydrogen) atoms. The van der Waals surface area contributed by atoms with Crippen molar-refractivity contribution in [2.45, 2.75) is 51.2 Å². The Hall–Kier alpha value is -2.18. The van der Waals surface area contributed by atoms with Crippen molar-refractivity contribution in [2.24, 2.45) is 0 Å². The lowest BCUT2D eigenvalue weighted by atomic mass is 9.94. The van der Waals surface area contributed by atoms with Crippen LogP contribution in [0.4, 0.5) is 0 Å². The van der Waals surface area contributed by atoms with Gasteiger partial charge in [-0.25, -0.2) is 0 Å². The molecule has 1 amide bonds. The Kier molecular flexibility index (Phi) is 5.51. The number of nitrogens with zero attached hydrogens (tertiary/aromatic N) is 3. The van der Waals surface area contributed by atoms with Gasteiger partial charge in [-0.3, -0.25) is 14.4 Å². The molecule has 2 N–H and O–H groups in total. The Balaban J connectivity index is 1.34. The van der Waals surface area contributed by atoms with Gasteiger partial charge in [0.1, 0.15) is 5.69 Å². The molecule has 3 heterocycles. The number of carbonyl (C=O) groups is 1. The molecule has 0 spiro atoms. The van der Waals surface area contributed by atoms with Gasteiger partial charge in [0.2, 0.25) is 0 Å². The summed E-state index contributed by atoms with van der Waals surface area (Å²) in [6.07, 6.45) is 5.26. The van der Waals surface area contributed by atoms with Crippen molar-refractivity contribution < 1.29 is 4.79 Å². The van der Waals surface area contributed by atoms with E-state index >= 15 is 0 Å². The average molecular weight is 382 g/mol. The molecule has 6 heteroatoms. The van der Waals surface area contributed by atoms with Crippen LogP contribution in [0.25, 0.3) is 0 Å². The minimum atomic E-state index is -0.112. The van der Waals surface area contributed by atoms with Gasteiger partial charge in [0.15, 0.2) is 0 Å². The number of hydrogen-bond donors (Lipinski definition) is 2. The largest absolute Gasteiger partial charge is 0.349 e. The van der Waals surface area contributed by atoms with Crippen molar-refractivity contribution in [2.75, 3.05) is 26.2 Å². The van der Waals surface area contributed by atoms with E-state index in [-0.39, 0.29) is 11.4 Å². The maximum atomic E-state index is 12.6. The summed E-state index contributed by atoms with van der Waals surface area (Å²) in [4.78, 5) is 15.1. The zero-order valence-corrected chi connectivity index (χ0v) is 16.9. The second kappa shape index (κ2) is 8.05. The van der Waals surface area contributed by atoms with Gasteiger partial charge in [-0.05, 0) is 56.8 Å². The SMILES string of the molecule is CC(C)(CNC(=O)c1ccn(C2CCCNC2)n1)N1CCc2ccccc2C1. The molecule has 150 valence electrons. The first-order valence-electron chi connectivity index (χ1n) is 10.4. The van der Waals surface area contributed by atoms with E-state index in [9.17, 15) is 4.79 Å². The Morgan fingerprint density at radius 1 is 1.29 bits per heavy atom. The van der Waals surface area contributed by atoms with Crippen molar-refractivity contribution in [1.29, 1.82) is 0 Å². The molecule has 6 nitrogen and oxygen atoms in total. The third kappa shape index (κ3) is 4.13. The van der Waals surface area contributed by atoms with Crippen LogP contribution in [0.3, 0.4) is 0 Å². The predicted octanol–water partition coefficient (Wildman–Crippen LogP) is 2.37. The molecule has 0 radical (unpaired) electrons. The van der Waals surface area contributed by atoms with E-state index in [1.54, 1.807) is 0 Å². The lowest BCUT2D eigenvalue weighted by Crippen LogP contribution is -2.53. The molecule has 2 aliphatic rings. The monoisotopic (exact) mass is 381 g/mol. The predicted molar refractivity (Wildman–Crippen MR) is 110 cm³/mol. The number of aromatic nitrogens is 2. The Morgan fingerprint density at radius 3 is 2.89 bits per heavy atom. The molecular formula is C22H31N5O. The number of nitrogens with one attached hydrogen (secondary N) is 2. The molecule has 2 aliphatic heterocycles. The molecule has 0 aliphatic carbocycles. The van der Waals surface area contributed by atoms with Crippen molar-refractivity contribution in [1.82, 2.24) is 25.3 Å². The van der Waals surface area contributed by atoms with Crippen molar-refractivity contribution in [3.05, 3.63) is 53.3 Å². The van der Waals surface area contributed by atoms with E-state index in [1.165, 1.54) is 11.1 Å². The molecule has 1 aromatic carbocycles. The summed E-state index contributed by atoms with van der Waals surface area (Å²) < 4.78 is 1.94. The number of piperidine rings is 1. The van der Waals surface area contributed by atoms with Gasteiger partial charge >= 0.3 is 0 Å². The third-order valence-corrected chi connectivity index (χ3v) is 6.15. The standard InChI is InChI=1S/C22H31N5O/c1-22(2,26-12-9-17-6-3-4-7-18(17)15-26)16-24-21(28)20-10-13-27(25-20)19-8-5-11-23-14-19/h3-4,6-7,10,13,19,23H,5,8-9,11-12,14-16H2,1-2H3,(H,24,28). The minimum absolute atomic E-state index is 0.0898. The fourth-order valence-corrected chi connectivity index (χ4v) is 4.23. The van der Waals surface area contributed by atoms with Gasteiger partial charge in [-0.1, -0.05) is 24.3 Å². The lowest BCUT2D eigenvalue weighted by molar-refractivity contribution is 0.0821. The van der Waals surface area contributed by atoms with E-state index in [2.05, 4.69) is 58.7 Å². The summed E-state index contributed by atoms with van der Waals surface area (Å²) in [7, 11) is 0. The highest BCUT2D eigenvalue weighted by molar-refractivity contribution is 5.92. The highest BCUT2D eigenvalue weighted by Crippen LogP contribution is 2.25. The first-order valence-corrected chi connectivity index (χ1v) is 10.4.